The summed E-state index contributed by atoms with van der Waals surface area (Å²) in [6.45, 7) is 3.97. The number of pyridine rings is 1. The van der Waals surface area contributed by atoms with Gasteiger partial charge in [-0.2, -0.15) is 0 Å². The molecule has 2 heterocycles. The quantitative estimate of drug-likeness (QED) is 0.418. The molecule has 8 heteroatoms. The van der Waals surface area contributed by atoms with Gasteiger partial charge in [-0.3, -0.25) is 0 Å². The van der Waals surface area contributed by atoms with Crippen LogP contribution in [-0.2, 0) is 10.5 Å². The monoisotopic (exact) mass is 386 g/mol. The van der Waals surface area contributed by atoms with Crippen LogP contribution in [0.15, 0.2) is 27.9 Å². The van der Waals surface area contributed by atoms with Crippen LogP contribution >= 0.6 is 35.0 Å². The van der Waals surface area contributed by atoms with Crippen molar-refractivity contribution < 1.29 is 14.1 Å². The summed E-state index contributed by atoms with van der Waals surface area (Å²) in [7, 11) is 0. The van der Waals surface area contributed by atoms with E-state index in [0.717, 1.165) is 17.0 Å². The predicted octanol–water partition coefficient (Wildman–Crippen LogP) is 4.33. The minimum absolute atomic E-state index is 0.000128. The molecule has 2 aromatic rings. The lowest BCUT2D eigenvalue weighted by Gasteiger charge is -2.08. The minimum atomic E-state index is -0.754. The van der Waals surface area contributed by atoms with Crippen LogP contribution in [0.2, 0.25) is 0 Å². The summed E-state index contributed by atoms with van der Waals surface area (Å²) in [5.41, 5.74) is 2.29. The molecule has 0 bridgehead atoms. The fourth-order valence-corrected chi connectivity index (χ4v) is 3.85. The Hall–Kier alpha value is -1.24. The Bertz CT molecular complexity index is 744. The molecule has 0 amide bonds. The number of alkyl halides is 2. The highest BCUT2D eigenvalue weighted by Gasteiger charge is 2.52. The molecule has 1 unspecified atom stereocenters. The van der Waals surface area contributed by atoms with Gasteiger partial charge in [0.2, 0.25) is 0 Å². The first-order valence-corrected chi connectivity index (χ1v) is 9.17. The topological polar surface area (TPSA) is 65.2 Å². The predicted molar refractivity (Wildman–Crippen MR) is 92.6 cm³/mol. The first-order valence-electron chi connectivity index (χ1n) is 7.43. The van der Waals surface area contributed by atoms with Crippen LogP contribution < -0.4 is 0 Å². The number of aryl methyl sites for hydroxylation is 2. The van der Waals surface area contributed by atoms with E-state index in [9.17, 15) is 4.79 Å². The van der Waals surface area contributed by atoms with Gasteiger partial charge in [-0.1, -0.05) is 5.16 Å². The lowest BCUT2D eigenvalue weighted by molar-refractivity contribution is 0.0480. The summed E-state index contributed by atoms with van der Waals surface area (Å²) in [6.07, 6.45) is 2.29. The Kier molecular flexibility index (Phi) is 5.08. The lowest BCUT2D eigenvalue weighted by atomic mass is 10.2. The Balaban J connectivity index is 1.65. The second kappa shape index (κ2) is 6.94. The van der Waals surface area contributed by atoms with Gasteiger partial charge in [0, 0.05) is 23.4 Å². The summed E-state index contributed by atoms with van der Waals surface area (Å²) in [5.74, 6) is 0.975. The molecule has 3 rings (SSSR count). The third kappa shape index (κ3) is 3.87. The Morgan fingerprint density at radius 2 is 2.25 bits per heavy atom. The van der Waals surface area contributed by atoms with E-state index in [0.29, 0.717) is 22.8 Å². The number of ether oxygens (including phenoxy) is 1. The molecule has 24 heavy (non-hydrogen) atoms. The number of aromatic nitrogens is 2. The first kappa shape index (κ1) is 17.6. The minimum Gasteiger partial charge on any atom is -0.462 e. The van der Waals surface area contributed by atoms with E-state index in [1.165, 1.54) is 11.8 Å². The molecule has 1 aliphatic carbocycles. The molecule has 1 atom stereocenters. The molecule has 0 aromatic carbocycles. The number of esters is 1. The standard InChI is InChI=1S/C16H16Cl2N2O3S/c1-9-13(10(2)23-20-9)8-24-14-12(4-3-5-19-14)15(21)22-7-11-6-16(11,17)18/h3-5,11H,6-8H2,1-2H3. The fourth-order valence-electron chi connectivity index (χ4n) is 2.21. The molecule has 2 aromatic heterocycles. The number of hydrogen-bond acceptors (Lipinski definition) is 6. The van der Waals surface area contributed by atoms with Gasteiger partial charge < -0.3 is 9.26 Å². The number of rotatable bonds is 6. The largest absolute Gasteiger partial charge is 0.462 e. The van der Waals surface area contributed by atoms with Crippen molar-refractivity contribution in [3.05, 3.63) is 40.9 Å². The van der Waals surface area contributed by atoms with Crippen LogP contribution in [-0.4, -0.2) is 27.1 Å². The molecular formula is C16H16Cl2N2O3S. The van der Waals surface area contributed by atoms with E-state index in [4.69, 9.17) is 32.5 Å². The summed E-state index contributed by atoms with van der Waals surface area (Å²) in [6, 6.07) is 3.41. The normalized spacial score (nSPS) is 18.4. The van der Waals surface area contributed by atoms with Crippen molar-refractivity contribution in [2.45, 2.75) is 35.4 Å². The molecule has 1 saturated carbocycles. The summed E-state index contributed by atoms with van der Waals surface area (Å²) in [5, 5.41) is 4.54. The molecule has 0 aliphatic heterocycles. The average molecular weight is 387 g/mol. The molecule has 0 radical (unpaired) electrons. The molecule has 0 saturated heterocycles. The van der Waals surface area contributed by atoms with Crippen molar-refractivity contribution in [2.24, 2.45) is 5.92 Å². The third-order valence-corrected chi connectivity index (χ3v) is 5.85. The SMILES string of the molecule is Cc1noc(C)c1CSc1ncccc1C(=O)OCC1CC1(Cl)Cl. The maximum absolute atomic E-state index is 12.3. The van der Waals surface area contributed by atoms with E-state index in [-0.39, 0.29) is 12.5 Å². The third-order valence-electron chi connectivity index (χ3n) is 3.90. The number of halogens is 2. The summed E-state index contributed by atoms with van der Waals surface area (Å²) in [4.78, 5) is 16.6. The average Bonchev–Trinajstić information content (AvgIpc) is 3.05. The van der Waals surface area contributed by atoms with Crippen molar-refractivity contribution in [3.63, 3.8) is 0 Å². The maximum atomic E-state index is 12.3. The molecule has 128 valence electrons. The highest BCUT2D eigenvalue weighted by molar-refractivity contribution is 7.98. The van der Waals surface area contributed by atoms with Gasteiger partial charge in [0.15, 0.2) is 0 Å². The Morgan fingerprint density at radius 3 is 2.88 bits per heavy atom. The number of thioether (sulfide) groups is 1. The first-order chi connectivity index (χ1) is 11.4. The van der Waals surface area contributed by atoms with E-state index in [1.807, 2.05) is 13.8 Å². The number of carbonyl (C=O) groups excluding carboxylic acids is 1. The van der Waals surface area contributed by atoms with Crippen molar-refractivity contribution in [2.75, 3.05) is 6.61 Å². The maximum Gasteiger partial charge on any atom is 0.340 e. The molecule has 5 nitrogen and oxygen atoms in total. The zero-order valence-corrected chi connectivity index (χ0v) is 15.5. The van der Waals surface area contributed by atoms with Crippen LogP contribution in [0.3, 0.4) is 0 Å². The smallest absolute Gasteiger partial charge is 0.340 e. The second-order valence-corrected chi connectivity index (χ2v) is 8.21. The van der Waals surface area contributed by atoms with Gasteiger partial charge in [0.25, 0.3) is 0 Å². The lowest BCUT2D eigenvalue weighted by Crippen LogP contribution is -2.11. The number of carbonyl (C=O) groups is 1. The fraction of sp³-hybridized carbons (Fsp3) is 0.438. The molecule has 0 N–H and O–H groups in total. The van der Waals surface area contributed by atoms with Crippen LogP contribution in [0.1, 0.15) is 33.8 Å². The van der Waals surface area contributed by atoms with Gasteiger partial charge in [-0.25, -0.2) is 9.78 Å². The van der Waals surface area contributed by atoms with Crippen molar-refractivity contribution in [1.29, 1.82) is 0 Å². The van der Waals surface area contributed by atoms with E-state index >= 15 is 0 Å². The Labute approximate surface area is 154 Å². The zero-order chi connectivity index (χ0) is 17.3. The van der Waals surface area contributed by atoms with Gasteiger partial charge in [0.05, 0.1) is 17.9 Å². The second-order valence-electron chi connectivity index (χ2n) is 5.71. The van der Waals surface area contributed by atoms with E-state index in [2.05, 4.69) is 10.1 Å². The summed E-state index contributed by atoms with van der Waals surface area (Å²) < 4.78 is 9.72. The van der Waals surface area contributed by atoms with Gasteiger partial charge in [-0.15, -0.1) is 35.0 Å². The van der Waals surface area contributed by atoms with Crippen molar-refractivity contribution in [1.82, 2.24) is 10.1 Å². The van der Waals surface area contributed by atoms with Gasteiger partial charge >= 0.3 is 5.97 Å². The van der Waals surface area contributed by atoms with E-state index < -0.39 is 10.3 Å². The molecule has 1 fully saturated rings. The van der Waals surface area contributed by atoms with Gasteiger partial charge in [-0.05, 0) is 32.4 Å². The van der Waals surface area contributed by atoms with E-state index in [1.54, 1.807) is 18.3 Å². The Morgan fingerprint density at radius 1 is 1.50 bits per heavy atom. The van der Waals surface area contributed by atoms with Gasteiger partial charge in [0.1, 0.15) is 15.1 Å². The molecule has 0 spiro atoms. The van der Waals surface area contributed by atoms with Crippen LogP contribution in [0, 0.1) is 19.8 Å². The van der Waals surface area contributed by atoms with Crippen molar-refractivity contribution >= 4 is 40.9 Å². The van der Waals surface area contributed by atoms with Crippen LogP contribution in [0.25, 0.3) is 0 Å². The highest BCUT2D eigenvalue weighted by Crippen LogP contribution is 2.53. The molecular weight excluding hydrogens is 371 g/mol. The zero-order valence-electron chi connectivity index (χ0n) is 13.2. The number of nitrogens with zero attached hydrogens (tertiary/aromatic N) is 2. The highest BCUT2D eigenvalue weighted by atomic mass is 35.5. The van der Waals surface area contributed by atoms with Crippen LogP contribution in [0.4, 0.5) is 0 Å². The molecule has 1 aliphatic rings. The number of hydrogen-bond donors (Lipinski definition) is 0. The summed E-state index contributed by atoms with van der Waals surface area (Å²) >= 11 is 13.3. The van der Waals surface area contributed by atoms with Crippen LogP contribution in [0.5, 0.6) is 0 Å². The van der Waals surface area contributed by atoms with Crippen molar-refractivity contribution in [3.8, 4) is 0 Å².